The van der Waals surface area contributed by atoms with Gasteiger partial charge in [-0.05, 0) is 12.1 Å². The fourth-order valence-corrected chi connectivity index (χ4v) is 1.06. The second-order valence-corrected chi connectivity index (χ2v) is 2.82. The summed E-state index contributed by atoms with van der Waals surface area (Å²) >= 11 is 0. The number of ether oxygens (including phenoxy) is 1. The van der Waals surface area contributed by atoms with E-state index >= 15 is 0 Å². The summed E-state index contributed by atoms with van der Waals surface area (Å²) in [6.45, 7) is 0.357. The smallest absolute Gasteiger partial charge is 0.225 e. The first-order valence-corrected chi connectivity index (χ1v) is 4.40. The number of amides is 1. The molecule has 4 nitrogen and oxygen atoms in total. The maximum absolute atomic E-state index is 11.2. The van der Waals surface area contributed by atoms with E-state index in [4.69, 9.17) is 10.5 Å². The van der Waals surface area contributed by atoms with Crippen LogP contribution in [0.4, 0.5) is 5.69 Å². The van der Waals surface area contributed by atoms with Crippen LogP contribution in [0.25, 0.3) is 0 Å². The van der Waals surface area contributed by atoms with Gasteiger partial charge in [0.15, 0.2) is 0 Å². The zero-order valence-electron chi connectivity index (χ0n) is 8.12. The lowest BCUT2D eigenvalue weighted by Crippen LogP contribution is -2.16. The van der Waals surface area contributed by atoms with Crippen LogP contribution in [0.1, 0.15) is 6.42 Å². The Balaban J connectivity index is 2.62. The zero-order chi connectivity index (χ0) is 10.4. The van der Waals surface area contributed by atoms with Gasteiger partial charge in [0.1, 0.15) is 5.75 Å². The Bertz CT molecular complexity index is 313. The minimum absolute atomic E-state index is 0.0826. The lowest BCUT2D eigenvalue weighted by atomic mass is 10.3. The minimum atomic E-state index is -0.0826. The summed E-state index contributed by atoms with van der Waals surface area (Å²) in [7, 11) is 1.58. The molecule has 1 aromatic carbocycles. The van der Waals surface area contributed by atoms with E-state index in [0.717, 1.165) is 11.4 Å². The Hall–Kier alpha value is -1.55. The zero-order valence-corrected chi connectivity index (χ0v) is 8.12. The molecule has 76 valence electrons. The standard InChI is InChI=1S/C10H14N2O2/c1-14-9-4-2-3-8(7-9)12-10(13)5-6-11/h2-4,7H,5-6,11H2,1H3,(H,12,13). The van der Waals surface area contributed by atoms with Gasteiger partial charge in [-0.1, -0.05) is 6.07 Å². The molecule has 0 heterocycles. The van der Waals surface area contributed by atoms with Gasteiger partial charge in [0.2, 0.25) is 5.91 Å². The molecule has 0 spiro atoms. The largest absolute Gasteiger partial charge is 0.497 e. The van der Waals surface area contributed by atoms with Gasteiger partial charge in [0.25, 0.3) is 0 Å². The summed E-state index contributed by atoms with van der Waals surface area (Å²) in [4.78, 5) is 11.2. The molecule has 14 heavy (non-hydrogen) atoms. The van der Waals surface area contributed by atoms with E-state index in [9.17, 15) is 4.79 Å². The molecule has 0 radical (unpaired) electrons. The highest BCUT2D eigenvalue weighted by Crippen LogP contribution is 2.16. The lowest BCUT2D eigenvalue weighted by molar-refractivity contribution is -0.116. The molecule has 4 heteroatoms. The molecule has 3 N–H and O–H groups in total. The van der Waals surface area contributed by atoms with Gasteiger partial charge in [0.05, 0.1) is 7.11 Å². The third kappa shape index (κ3) is 3.06. The van der Waals surface area contributed by atoms with Crippen molar-refractivity contribution in [3.8, 4) is 5.75 Å². The molecule has 0 saturated carbocycles. The molecule has 1 aromatic rings. The number of nitrogens with two attached hydrogens (primary N) is 1. The van der Waals surface area contributed by atoms with Gasteiger partial charge >= 0.3 is 0 Å². The maximum atomic E-state index is 11.2. The molecular formula is C10H14N2O2. The Morgan fingerprint density at radius 3 is 3.00 bits per heavy atom. The Labute approximate surface area is 83.1 Å². The summed E-state index contributed by atoms with van der Waals surface area (Å²) in [5, 5.41) is 2.72. The van der Waals surface area contributed by atoms with Crippen LogP contribution < -0.4 is 15.8 Å². The van der Waals surface area contributed by atoms with Crippen molar-refractivity contribution in [3.05, 3.63) is 24.3 Å². The van der Waals surface area contributed by atoms with Gasteiger partial charge in [0, 0.05) is 24.7 Å². The van der Waals surface area contributed by atoms with Crippen LogP contribution in [0, 0.1) is 0 Å². The van der Waals surface area contributed by atoms with Crippen LogP contribution in [0.5, 0.6) is 5.75 Å². The van der Waals surface area contributed by atoms with E-state index in [0.29, 0.717) is 13.0 Å². The molecular weight excluding hydrogens is 180 g/mol. The van der Waals surface area contributed by atoms with Gasteiger partial charge in [-0.2, -0.15) is 0 Å². The first kappa shape index (κ1) is 10.5. The van der Waals surface area contributed by atoms with E-state index in [2.05, 4.69) is 5.32 Å². The van der Waals surface area contributed by atoms with Gasteiger partial charge in [-0.3, -0.25) is 4.79 Å². The summed E-state index contributed by atoms with van der Waals surface area (Å²) in [6.07, 6.45) is 0.331. The molecule has 0 fully saturated rings. The van der Waals surface area contributed by atoms with Crippen molar-refractivity contribution in [1.82, 2.24) is 0 Å². The summed E-state index contributed by atoms with van der Waals surface area (Å²) in [5.41, 5.74) is 5.98. The highest BCUT2D eigenvalue weighted by molar-refractivity contribution is 5.90. The summed E-state index contributed by atoms with van der Waals surface area (Å²) in [5.74, 6) is 0.635. The van der Waals surface area contributed by atoms with Crippen molar-refractivity contribution in [2.45, 2.75) is 6.42 Å². The predicted molar refractivity (Wildman–Crippen MR) is 55.3 cm³/mol. The van der Waals surface area contributed by atoms with Crippen LogP contribution in [0.15, 0.2) is 24.3 Å². The average molecular weight is 194 g/mol. The third-order valence-corrected chi connectivity index (χ3v) is 1.72. The fraction of sp³-hybridized carbons (Fsp3) is 0.300. The number of carbonyl (C=O) groups excluding carboxylic acids is 1. The molecule has 0 saturated heterocycles. The number of hydrogen-bond acceptors (Lipinski definition) is 3. The van der Waals surface area contributed by atoms with Crippen LogP contribution in [-0.4, -0.2) is 19.6 Å². The Morgan fingerprint density at radius 2 is 2.36 bits per heavy atom. The van der Waals surface area contributed by atoms with Crippen molar-refractivity contribution in [2.24, 2.45) is 5.73 Å². The number of anilines is 1. The van der Waals surface area contributed by atoms with Gasteiger partial charge < -0.3 is 15.8 Å². The fourth-order valence-electron chi connectivity index (χ4n) is 1.06. The number of rotatable bonds is 4. The van der Waals surface area contributed by atoms with Crippen LogP contribution in [0.3, 0.4) is 0 Å². The molecule has 0 aliphatic heterocycles. The average Bonchev–Trinajstić information content (AvgIpc) is 2.18. The number of carbonyl (C=O) groups is 1. The molecule has 0 aliphatic carbocycles. The molecule has 1 rings (SSSR count). The SMILES string of the molecule is COc1cccc(NC(=O)CCN)c1. The molecule has 1 amide bonds. The normalized spacial score (nSPS) is 9.57. The van der Waals surface area contributed by atoms with Crippen molar-refractivity contribution in [3.63, 3.8) is 0 Å². The van der Waals surface area contributed by atoms with Gasteiger partial charge in [-0.15, -0.1) is 0 Å². The van der Waals surface area contributed by atoms with Crippen LogP contribution >= 0.6 is 0 Å². The second kappa shape index (κ2) is 5.24. The number of benzene rings is 1. The highest BCUT2D eigenvalue weighted by atomic mass is 16.5. The summed E-state index contributed by atoms with van der Waals surface area (Å²) in [6, 6.07) is 7.20. The third-order valence-electron chi connectivity index (χ3n) is 1.72. The number of nitrogens with one attached hydrogen (secondary N) is 1. The molecule has 0 aliphatic rings. The second-order valence-electron chi connectivity index (χ2n) is 2.82. The first-order chi connectivity index (χ1) is 6.76. The van der Waals surface area contributed by atoms with Crippen molar-refractivity contribution < 1.29 is 9.53 Å². The molecule has 0 bridgehead atoms. The van der Waals surface area contributed by atoms with Gasteiger partial charge in [-0.25, -0.2) is 0 Å². The number of methoxy groups -OCH3 is 1. The van der Waals surface area contributed by atoms with Crippen molar-refractivity contribution in [2.75, 3.05) is 19.0 Å². The molecule has 0 aromatic heterocycles. The van der Waals surface area contributed by atoms with E-state index in [1.54, 1.807) is 19.2 Å². The topological polar surface area (TPSA) is 64.3 Å². The van der Waals surface area contributed by atoms with Crippen LogP contribution in [-0.2, 0) is 4.79 Å². The molecule has 0 unspecified atom stereocenters. The van der Waals surface area contributed by atoms with E-state index < -0.39 is 0 Å². The molecule has 0 atom stereocenters. The predicted octanol–water partition coefficient (Wildman–Crippen LogP) is 0.982. The Kier molecular flexibility index (Phi) is 3.94. The lowest BCUT2D eigenvalue weighted by Gasteiger charge is -2.05. The minimum Gasteiger partial charge on any atom is -0.497 e. The monoisotopic (exact) mass is 194 g/mol. The highest BCUT2D eigenvalue weighted by Gasteiger charge is 2.00. The quantitative estimate of drug-likeness (QED) is 0.751. The van der Waals surface area contributed by atoms with E-state index in [-0.39, 0.29) is 5.91 Å². The van der Waals surface area contributed by atoms with E-state index in [1.807, 2.05) is 12.1 Å². The van der Waals surface area contributed by atoms with Crippen LogP contribution in [0.2, 0.25) is 0 Å². The summed E-state index contributed by atoms with van der Waals surface area (Å²) < 4.78 is 5.02. The van der Waals surface area contributed by atoms with Crippen molar-refractivity contribution >= 4 is 11.6 Å². The van der Waals surface area contributed by atoms with E-state index in [1.165, 1.54) is 0 Å². The first-order valence-electron chi connectivity index (χ1n) is 4.40. The Morgan fingerprint density at radius 1 is 1.57 bits per heavy atom. The maximum Gasteiger partial charge on any atom is 0.225 e. The number of hydrogen-bond donors (Lipinski definition) is 2. The van der Waals surface area contributed by atoms with Crippen molar-refractivity contribution in [1.29, 1.82) is 0 Å².